The van der Waals surface area contributed by atoms with Crippen LogP contribution in [0.25, 0.3) is 0 Å². The molecule has 0 heterocycles. The predicted molar refractivity (Wildman–Crippen MR) is 42.6 cm³/mol. The average molecular weight is 170 g/mol. The number of methoxy groups -OCH3 is 2. The van der Waals surface area contributed by atoms with E-state index in [0.29, 0.717) is 11.7 Å². The van der Waals surface area contributed by atoms with Gasteiger partial charge in [0.15, 0.2) is 5.79 Å². The molecule has 0 N–H and O–H groups in total. The molecule has 2 rings (SSSR count). The molecule has 0 saturated heterocycles. The number of hydrogen-bond donors (Lipinski definition) is 0. The largest absolute Gasteiger partial charge is 0.352 e. The van der Waals surface area contributed by atoms with Crippen LogP contribution in [0.1, 0.15) is 19.3 Å². The molecule has 2 fully saturated rings. The molecule has 3 heteroatoms. The molecular formula is C9H14O3. The Morgan fingerprint density at radius 3 is 2.42 bits per heavy atom. The Labute approximate surface area is 72.0 Å². The molecular weight excluding hydrogens is 156 g/mol. The van der Waals surface area contributed by atoms with E-state index in [2.05, 4.69) is 0 Å². The molecule has 2 atom stereocenters. The fourth-order valence-electron chi connectivity index (χ4n) is 2.63. The first kappa shape index (κ1) is 8.20. The first-order chi connectivity index (χ1) is 5.72. The molecule has 2 aliphatic rings. The van der Waals surface area contributed by atoms with Crippen LogP contribution < -0.4 is 0 Å². The highest BCUT2D eigenvalue weighted by Gasteiger charge is 2.56. The molecule has 2 aliphatic carbocycles. The Hall–Kier alpha value is -0.410. The Morgan fingerprint density at radius 2 is 2.08 bits per heavy atom. The zero-order valence-corrected chi connectivity index (χ0v) is 7.50. The standard InChI is InChI=1S/C9H14O3/c1-11-9(12-2)5-6-3-7(9)8(10)4-6/h6-7H,3-5H2,1-2H3. The van der Waals surface area contributed by atoms with Crippen LogP contribution in [0.4, 0.5) is 0 Å². The van der Waals surface area contributed by atoms with Gasteiger partial charge in [-0.25, -0.2) is 0 Å². The van der Waals surface area contributed by atoms with Crippen LogP contribution in [0.15, 0.2) is 0 Å². The van der Waals surface area contributed by atoms with Gasteiger partial charge in [-0.05, 0) is 12.3 Å². The van der Waals surface area contributed by atoms with Crippen LogP contribution in [0, 0.1) is 11.8 Å². The summed E-state index contributed by atoms with van der Waals surface area (Å²) in [4.78, 5) is 11.4. The third kappa shape index (κ3) is 0.866. The van der Waals surface area contributed by atoms with E-state index in [-0.39, 0.29) is 5.92 Å². The normalized spacial score (nSPS) is 37.7. The van der Waals surface area contributed by atoms with Crippen molar-refractivity contribution >= 4 is 5.78 Å². The van der Waals surface area contributed by atoms with Crippen molar-refractivity contribution in [2.24, 2.45) is 11.8 Å². The highest BCUT2D eigenvalue weighted by molar-refractivity contribution is 5.85. The lowest BCUT2D eigenvalue weighted by Gasteiger charge is -2.33. The zero-order chi connectivity index (χ0) is 8.77. The number of fused-ring (bicyclic) bond motifs is 2. The summed E-state index contributed by atoms with van der Waals surface area (Å²) in [6.07, 6.45) is 2.58. The Kier molecular flexibility index (Phi) is 1.73. The van der Waals surface area contributed by atoms with E-state index < -0.39 is 5.79 Å². The molecule has 3 nitrogen and oxygen atoms in total. The minimum atomic E-state index is -0.583. The van der Waals surface area contributed by atoms with Crippen molar-refractivity contribution in [3.05, 3.63) is 0 Å². The fourth-order valence-corrected chi connectivity index (χ4v) is 2.63. The van der Waals surface area contributed by atoms with Gasteiger partial charge < -0.3 is 9.47 Å². The maximum Gasteiger partial charge on any atom is 0.177 e. The van der Waals surface area contributed by atoms with Gasteiger partial charge in [-0.3, -0.25) is 4.79 Å². The molecule has 12 heavy (non-hydrogen) atoms. The van der Waals surface area contributed by atoms with Crippen molar-refractivity contribution in [3.8, 4) is 0 Å². The van der Waals surface area contributed by atoms with E-state index in [4.69, 9.17) is 9.47 Å². The van der Waals surface area contributed by atoms with E-state index in [1.165, 1.54) is 0 Å². The van der Waals surface area contributed by atoms with Crippen LogP contribution >= 0.6 is 0 Å². The minimum absolute atomic E-state index is 0.00231. The lowest BCUT2D eigenvalue weighted by Crippen LogP contribution is -2.43. The highest BCUT2D eigenvalue weighted by Crippen LogP contribution is 2.50. The summed E-state index contributed by atoms with van der Waals surface area (Å²) in [5.74, 6) is 0.231. The number of ether oxygens (including phenoxy) is 2. The molecule has 0 aliphatic heterocycles. The van der Waals surface area contributed by atoms with Crippen LogP contribution in [0.2, 0.25) is 0 Å². The summed E-state index contributed by atoms with van der Waals surface area (Å²) in [6.45, 7) is 0. The van der Waals surface area contributed by atoms with Crippen LogP contribution in [-0.4, -0.2) is 25.8 Å². The summed E-state index contributed by atoms with van der Waals surface area (Å²) in [7, 11) is 3.24. The van der Waals surface area contributed by atoms with E-state index in [0.717, 1.165) is 19.3 Å². The van der Waals surface area contributed by atoms with Gasteiger partial charge in [-0.1, -0.05) is 0 Å². The van der Waals surface area contributed by atoms with Crippen molar-refractivity contribution < 1.29 is 14.3 Å². The van der Waals surface area contributed by atoms with Crippen molar-refractivity contribution in [3.63, 3.8) is 0 Å². The number of carbonyl (C=O) groups is 1. The fraction of sp³-hybridized carbons (Fsp3) is 0.889. The topological polar surface area (TPSA) is 35.5 Å². The van der Waals surface area contributed by atoms with Gasteiger partial charge >= 0.3 is 0 Å². The monoisotopic (exact) mass is 170 g/mol. The number of ketones is 1. The van der Waals surface area contributed by atoms with E-state index in [1.54, 1.807) is 14.2 Å². The second kappa shape index (κ2) is 2.54. The molecule has 0 amide bonds. The third-order valence-corrected chi connectivity index (χ3v) is 3.24. The maximum absolute atomic E-state index is 11.4. The lowest BCUT2D eigenvalue weighted by molar-refractivity contribution is -0.230. The van der Waals surface area contributed by atoms with Gasteiger partial charge in [-0.2, -0.15) is 0 Å². The van der Waals surface area contributed by atoms with Gasteiger partial charge in [-0.15, -0.1) is 0 Å². The number of carbonyl (C=O) groups excluding carboxylic acids is 1. The summed E-state index contributed by atoms with van der Waals surface area (Å²) in [5, 5.41) is 0. The molecule has 2 unspecified atom stereocenters. The highest BCUT2D eigenvalue weighted by atomic mass is 16.7. The van der Waals surface area contributed by atoms with Gasteiger partial charge in [0, 0.05) is 27.1 Å². The van der Waals surface area contributed by atoms with Gasteiger partial charge in [0.25, 0.3) is 0 Å². The van der Waals surface area contributed by atoms with Crippen LogP contribution in [0.3, 0.4) is 0 Å². The van der Waals surface area contributed by atoms with Crippen LogP contribution in [0.5, 0.6) is 0 Å². The lowest BCUT2D eigenvalue weighted by atomic mass is 9.93. The van der Waals surface area contributed by atoms with E-state index in [9.17, 15) is 4.79 Å². The first-order valence-electron chi connectivity index (χ1n) is 4.35. The van der Waals surface area contributed by atoms with Crippen molar-refractivity contribution in [1.29, 1.82) is 0 Å². The average Bonchev–Trinajstić information content (AvgIpc) is 2.60. The van der Waals surface area contributed by atoms with Gasteiger partial charge in [0.1, 0.15) is 5.78 Å². The predicted octanol–water partition coefficient (Wildman–Crippen LogP) is 0.975. The van der Waals surface area contributed by atoms with Crippen molar-refractivity contribution in [2.45, 2.75) is 25.0 Å². The summed E-state index contributed by atoms with van der Waals surface area (Å²) in [6, 6.07) is 0. The summed E-state index contributed by atoms with van der Waals surface area (Å²) >= 11 is 0. The van der Waals surface area contributed by atoms with E-state index >= 15 is 0 Å². The maximum atomic E-state index is 11.4. The number of hydrogen-bond acceptors (Lipinski definition) is 3. The SMILES string of the molecule is COC1(OC)CC2CC(=O)C1C2. The molecule has 0 aromatic heterocycles. The first-order valence-corrected chi connectivity index (χ1v) is 4.35. The molecule has 0 spiro atoms. The van der Waals surface area contributed by atoms with Crippen molar-refractivity contribution in [2.75, 3.05) is 14.2 Å². The van der Waals surface area contributed by atoms with Gasteiger partial charge in [0.2, 0.25) is 0 Å². The Morgan fingerprint density at radius 1 is 1.42 bits per heavy atom. The molecule has 2 saturated carbocycles. The molecule has 0 aromatic rings. The quantitative estimate of drug-likeness (QED) is 0.579. The Bertz CT molecular complexity index is 208. The second-order valence-corrected chi connectivity index (χ2v) is 3.75. The molecule has 0 aromatic carbocycles. The number of Topliss-reactive ketones (excluding diaryl/α,β-unsaturated/α-hetero) is 1. The third-order valence-electron chi connectivity index (χ3n) is 3.24. The summed E-state index contributed by atoms with van der Waals surface area (Å²) in [5.41, 5.74) is 0. The van der Waals surface area contributed by atoms with Gasteiger partial charge in [0.05, 0.1) is 5.92 Å². The summed E-state index contributed by atoms with van der Waals surface area (Å²) < 4.78 is 10.6. The zero-order valence-electron chi connectivity index (χ0n) is 7.50. The second-order valence-electron chi connectivity index (χ2n) is 3.75. The molecule has 68 valence electrons. The van der Waals surface area contributed by atoms with E-state index in [1.807, 2.05) is 0 Å². The Balaban J connectivity index is 2.24. The molecule has 2 bridgehead atoms. The number of rotatable bonds is 2. The molecule has 0 radical (unpaired) electrons. The minimum Gasteiger partial charge on any atom is -0.352 e. The smallest absolute Gasteiger partial charge is 0.177 e. The van der Waals surface area contributed by atoms with Crippen LogP contribution in [-0.2, 0) is 14.3 Å². The van der Waals surface area contributed by atoms with Crippen molar-refractivity contribution in [1.82, 2.24) is 0 Å².